The molecule has 6 heteroatoms. The molecule has 112 valence electrons. The van der Waals surface area contributed by atoms with Crippen molar-refractivity contribution in [2.75, 3.05) is 27.3 Å². The molecule has 20 heavy (non-hydrogen) atoms. The van der Waals surface area contributed by atoms with Crippen molar-refractivity contribution >= 4 is 10.0 Å². The maximum absolute atomic E-state index is 12.8. The third-order valence-corrected chi connectivity index (χ3v) is 5.84. The molecule has 0 saturated carbocycles. The molecule has 0 spiro atoms. The van der Waals surface area contributed by atoms with E-state index in [0.29, 0.717) is 11.5 Å². The number of benzene rings is 1. The Balaban J connectivity index is 2.39. The van der Waals surface area contributed by atoms with Gasteiger partial charge in [-0.1, -0.05) is 12.1 Å². The monoisotopic (exact) mass is 298 g/mol. The van der Waals surface area contributed by atoms with Gasteiger partial charge in [0.25, 0.3) is 0 Å². The molecule has 1 heterocycles. The number of nitrogens with zero attached hydrogens (tertiary/aromatic N) is 1. The van der Waals surface area contributed by atoms with E-state index in [4.69, 9.17) is 4.74 Å². The van der Waals surface area contributed by atoms with Gasteiger partial charge in [-0.05, 0) is 37.1 Å². The highest BCUT2D eigenvalue weighted by atomic mass is 32.2. The minimum absolute atomic E-state index is 0.192. The fourth-order valence-corrected chi connectivity index (χ4v) is 4.12. The first-order valence-electron chi connectivity index (χ1n) is 6.77. The fourth-order valence-electron chi connectivity index (χ4n) is 2.48. The first-order valence-corrected chi connectivity index (χ1v) is 8.21. The van der Waals surface area contributed by atoms with E-state index >= 15 is 0 Å². The first kappa shape index (κ1) is 15.4. The van der Waals surface area contributed by atoms with Gasteiger partial charge >= 0.3 is 0 Å². The lowest BCUT2D eigenvalue weighted by Gasteiger charge is -2.27. The molecule has 0 aliphatic carbocycles. The van der Waals surface area contributed by atoms with Crippen LogP contribution in [0.15, 0.2) is 23.1 Å². The van der Waals surface area contributed by atoms with Crippen molar-refractivity contribution in [1.29, 1.82) is 0 Å². The van der Waals surface area contributed by atoms with Gasteiger partial charge in [-0.3, -0.25) is 0 Å². The third-order valence-electron chi connectivity index (χ3n) is 3.78. The zero-order chi connectivity index (χ0) is 14.8. The van der Waals surface area contributed by atoms with Crippen molar-refractivity contribution < 1.29 is 13.2 Å². The molecule has 1 N–H and O–H groups in total. The second-order valence-corrected chi connectivity index (χ2v) is 7.11. The first-order chi connectivity index (χ1) is 9.48. The molecule has 1 aliphatic rings. The number of hydrogen-bond donors (Lipinski definition) is 1. The van der Waals surface area contributed by atoms with E-state index < -0.39 is 10.0 Å². The molecule has 0 bridgehead atoms. The van der Waals surface area contributed by atoms with Crippen LogP contribution in [0.4, 0.5) is 0 Å². The number of fused-ring (bicyclic) bond motifs is 1. The van der Waals surface area contributed by atoms with E-state index in [1.54, 1.807) is 20.2 Å². The highest BCUT2D eigenvalue weighted by molar-refractivity contribution is 7.89. The van der Waals surface area contributed by atoms with E-state index in [1.807, 2.05) is 19.1 Å². The Morgan fingerprint density at radius 3 is 2.90 bits per heavy atom. The van der Waals surface area contributed by atoms with Gasteiger partial charge in [0.05, 0.1) is 11.5 Å². The van der Waals surface area contributed by atoms with Crippen molar-refractivity contribution in [2.45, 2.75) is 30.8 Å². The van der Waals surface area contributed by atoms with Crippen molar-refractivity contribution in [1.82, 2.24) is 9.62 Å². The summed E-state index contributed by atoms with van der Waals surface area (Å²) in [5.74, 6) is 0. The van der Waals surface area contributed by atoms with E-state index in [2.05, 4.69) is 5.32 Å². The van der Waals surface area contributed by atoms with Crippen LogP contribution in [0.25, 0.3) is 0 Å². The molecule has 1 aliphatic heterocycles. The molecule has 1 unspecified atom stereocenters. The number of sulfonamides is 1. The molecule has 0 radical (unpaired) electrons. The zero-order valence-corrected chi connectivity index (χ0v) is 13.0. The van der Waals surface area contributed by atoms with Crippen LogP contribution < -0.4 is 5.32 Å². The largest absolute Gasteiger partial charge is 0.383 e. The fraction of sp³-hybridized carbons (Fsp3) is 0.571. The molecule has 1 aromatic rings. The van der Waals surface area contributed by atoms with E-state index in [0.717, 1.165) is 30.6 Å². The highest BCUT2D eigenvalue weighted by Gasteiger charge is 2.29. The Labute approximate surface area is 121 Å². The minimum Gasteiger partial charge on any atom is -0.383 e. The molecule has 1 atom stereocenters. The van der Waals surface area contributed by atoms with Crippen LogP contribution in [0.5, 0.6) is 0 Å². The Morgan fingerprint density at radius 1 is 1.45 bits per heavy atom. The maximum atomic E-state index is 12.8. The van der Waals surface area contributed by atoms with Crippen LogP contribution in [0.2, 0.25) is 0 Å². The summed E-state index contributed by atoms with van der Waals surface area (Å²) < 4.78 is 32.0. The van der Waals surface area contributed by atoms with Gasteiger partial charge in [-0.25, -0.2) is 8.42 Å². The standard InChI is InChI=1S/C14H22N2O3S/c1-11(10-19-3)16(2)20(17,18)14-6-4-5-12-9-15-8-7-13(12)14/h4-6,11,15H,7-10H2,1-3H3. The van der Waals surface area contributed by atoms with Crippen LogP contribution in [0.1, 0.15) is 18.1 Å². The predicted octanol–water partition coefficient (Wildman–Crippen LogP) is 0.988. The van der Waals surface area contributed by atoms with Crippen LogP contribution in [0.3, 0.4) is 0 Å². The van der Waals surface area contributed by atoms with Gasteiger partial charge in [0, 0.05) is 26.7 Å². The van der Waals surface area contributed by atoms with Crippen molar-refractivity contribution in [2.24, 2.45) is 0 Å². The maximum Gasteiger partial charge on any atom is 0.243 e. The summed E-state index contributed by atoms with van der Waals surface area (Å²) in [5.41, 5.74) is 2.02. The molecular weight excluding hydrogens is 276 g/mol. The lowest BCUT2D eigenvalue weighted by molar-refractivity contribution is 0.149. The zero-order valence-electron chi connectivity index (χ0n) is 12.2. The molecule has 0 fully saturated rings. The van der Waals surface area contributed by atoms with Gasteiger partial charge in [0.2, 0.25) is 10.0 Å². The average Bonchev–Trinajstić information content (AvgIpc) is 2.46. The molecular formula is C14H22N2O3S. The number of rotatable bonds is 5. The van der Waals surface area contributed by atoms with Crippen LogP contribution >= 0.6 is 0 Å². The van der Waals surface area contributed by atoms with E-state index in [-0.39, 0.29) is 6.04 Å². The van der Waals surface area contributed by atoms with Crippen LogP contribution in [-0.2, 0) is 27.7 Å². The predicted molar refractivity (Wildman–Crippen MR) is 78.1 cm³/mol. The van der Waals surface area contributed by atoms with Gasteiger partial charge in [-0.15, -0.1) is 0 Å². The number of hydrogen-bond acceptors (Lipinski definition) is 4. The van der Waals surface area contributed by atoms with Crippen molar-refractivity contribution in [3.8, 4) is 0 Å². The number of likely N-dealkylation sites (N-methyl/N-ethyl adjacent to an activating group) is 1. The summed E-state index contributed by atoms with van der Waals surface area (Å²) in [5, 5.41) is 3.26. The number of ether oxygens (including phenoxy) is 1. The SMILES string of the molecule is COCC(C)N(C)S(=O)(=O)c1cccc2c1CCNC2. The molecule has 5 nitrogen and oxygen atoms in total. The topological polar surface area (TPSA) is 58.6 Å². The molecule has 0 aromatic heterocycles. The third kappa shape index (κ3) is 2.88. The van der Waals surface area contributed by atoms with Crippen LogP contribution in [0, 0.1) is 0 Å². The van der Waals surface area contributed by atoms with Gasteiger partial charge in [0.1, 0.15) is 0 Å². The summed E-state index contributed by atoms with van der Waals surface area (Å²) in [6.07, 6.45) is 0.747. The number of nitrogens with one attached hydrogen (secondary N) is 1. The summed E-state index contributed by atoms with van der Waals surface area (Å²) in [6.45, 7) is 3.78. The minimum atomic E-state index is -3.48. The second kappa shape index (κ2) is 6.22. The lowest BCUT2D eigenvalue weighted by Crippen LogP contribution is -2.38. The molecule has 0 saturated heterocycles. The summed E-state index contributed by atoms with van der Waals surface area (Å²) in [6, 6.07) is 5.31. The smallest absolute Gasteiger partial charge is 0.243 e. The normalized spacial score (nSPS) is 17.0. The lowest BCUT2D eigenvalue weighted by atomic mass is 10.0. The average molecular weight is 298 g/mol. The molecule has 1 aromatic carbocycles. The van der Waals surface area contributed by atoms with Crippen molar-refractivity contribution in [3.63, 3.8) is 0 Å². The Morgan fingerprint density at radius 2 is 2.20 bits per heavy atom. The highest BCUT2D eigenvalue weighted by Crippen LogP contribution is 2.26. The van der Waals surface area contributed by atoms with E-state index in [1.165, 1.54) is 4.31 Å². The summed E-state index contributed by atoms with van der Waals surface area (Å²) >= 11 is 0. The summed E-state index contributed by atoms with van der Waals surface area (Å²) in [4.78, 5) is 0.432. The Bertz CT molecular complexity index is 572. The van der Waals surface area contributed by atoms with Crippen molar-refractivity contribution in [3.05, 3.63) is 29.3 Å². The quantitative estimate of drug-likeness (QED) is 0.880. The molecule has 0 amide bonds. The van der Waals surface area contributed by atoms with Gasteiger partial charge in [-0.2, -0.15) is 4.31 Å². The molecule has 2 rings (SSSR count). The number of methoxy groups -OCH3 is 1. The van der Waals surface area contributed by atoms with Gasteiger partial charge < -0.3 is 10.1 Å². The summed E-state index contributed by atoms with van der Waals surface area (Å²) in [7, 11) is -0.289. The second-order valence-electron chi connectivity index (χ2n) is 5.15. The van der Waals surface area contributed by atoms with Gasteiger partial charge in [0.15, 0.2) is 0 Å². The van der Waals surface area contributed by atoms with E-state index in [9.17, 15) is 8.42 Å². The Kier molecular flexibility index (Phi) is 4.80. The Hall–Kier alpha value is -0.950. The van der Waals surface area contributed by atoms with Crippen LogP contribution in [-0.4, -0.2) is 46.1 Å².